The van der Waals surface area contributed by atoms with Crippen LogP contribution < -0.4 is 0 Å². The van der Waals surface area contributed by atoms with Crippen molar-refractivity contribution >= 4 is 10.1 Å². The first-order valence-electron chi connectivity index (χ1n) is 4.02. The standard InChI is InChI=1S/C7H16O4S/c1-3-4-6(2)5-7(8)12(9,10)11/h6-8H,3-5H2,1-2H3,(H,9,10,11). The van der Waals surface area contributed by atoms with E-state index < -0.39 is 15.6 Å². The van der Waals surface area contributed by atoms with Gasteiger partial charge in [0.1, 0.15) is 0 Å². The molecule has 12 heavy (non-hydrogen) atoms. The zero-order valence-electron chi connectivity index (χ0n) is 7.40. The molecular formula is C7H16O4S. The topological polar surface area (TPSA) is 74.6 Å². The molecular weight excluding hydrogens is 180 g/mol. The van der Waals surface area contributed by atoms with Gasteiger partial charge in [0.15, 0.2) is 5.44 Å². The first kappa shape index (κ1) is 11.9. The predicted molar refractivity (Wildman–Crippen MR) is 46.2 cm³/mol. The van der Waals surface area contributed by atoms with Crippen molar-refractivity contribution < 1.29 is 18.1 Å². The summed E-state index contributed by atoms with van der Waals surface area (Å²) in [6.45, 7) is 3.83. The van der Waals surface area contributed by atoms with Crippen LogP contribution in [0.25, 0.3) is 0 Å². The van der Waals surface area contributed by atoms with E-state index in [9.17, 15) is 8.42 Å². The van der Waals surface area contributed by atoms with Crippen LogP contribution in [-0.2, 0) is 10.1 Å². The molecule has 2 N–H and O–H groups in total. The molecule has 0 saturated carbocycles. The van der Waals surface area contributed by atoms with Gasteiger partial charge in [-0.2, -0.15) is 8.42 Å². The van der Waals surface area contributed by atoms with Crippen molar-refractivity contribution in [2.75, 3.05) is 0 Å². The van der Waals surface area contributed by atoms with Crippen LogP contribution in [0.4, 0.5) is 0 Å². The Bertz CT molecular complexity index is 209. The first-order chi connectivity index (χ1) is 5.38. The highest BCUT2D eigenvalue weighted by atomic mass is 32.2. The van der Waals surface area contributed by atoms with Crippen molar-refractivity contribution in [3.8, 4) is 0 Å². The minimum atomic E-state index is -4.26. The lowest BCUT2D eigenvalue weighted by atomic mass is 10.0. The Hall–Kier alpha value is -0.130. The van der Waals surface area contributed by atoms with Crippen molar-refractivity contribution in [1.29, 1.82) is 0 Å². The minimum Gasteiger partial charge on any atom is -0.375 e. The summed E-state index contributed by atoms with van der Waals surface area (Å²) in [6, 6.07) is 0. The number of hydrogen-bond acceptors (Lipinski definition) is 3. The highest BCUT2D eigenvalue weighted by Crippen LogP contribution is 2.14. The second-order valence-electron chi connectivity index (χ2n) is 3.10. The van der Waals surface area contributed by atoms with Crippen LogP contribution >= 0.6 is 0 Å². The molecule has 0 heterocycles. The summed E-state index contributed by atoms with van der Waals surface area (Å²) in [4.78, 5) is 0. The summed E-state index contributed by atoms with van der Waals surface area (Å²) in [6.07, 6.45) is 1.90. The van der Waals surface area contributed by atoms with E-state index in [2.05, 4.69) is 0 Å². The van der Waals surface area contributed by atoms with Crippen molar-refractivity contribution in [3.63, 3.8) is 0 Å². The van der Waals surface area contributed by atoms with Gasteiger partial charge in [-0.1, -0.05) is 26.7 Å². The van der Waals surface area contributed by atoms with E-state index in [0.717, 1.165) is 12.8 Å². The average molecular weight is 196 g/mol. The SMILES string of the molecule is CCCC(C)CC(O)S(=O)(=O)O. The largest absolute Gasteiger partial charge is 0.375 e. The maximum atomic E-state index is 10.4. The summed E-state index contributed by atoms with van der Waals surface area (Å²) < 4.78 is 29.2. The van der Waals surface area contributed by atoms with E-state index >= 15 is 0 Å². The van der Waals surface area contributed by atoms with Crippen molar-refractivity contribution in [2.24, 2.45) is 5.92 Å². The molecule has 0 rings (SSSR count). The van der Waals surface area contributed by atoms with Gasteiger partial charge in [-0.05, 0) is 12.3 Å². The number of rotatable bonds is 5. The number of hydrogen-bond donors (Lipinski definition) is 2. The van der Waals surface area contributed by atoms with Gasteiger partial charge in [-0.25, -0.2) is 0 Å². The second kappa shape index (κ2) is 4.79. The Balaban J connectivity index is 3.93. The molecule has 0 amide bonds. The monoisotopic (exact) mass is 196 g/mol. The van der Waals surface area contributed by atoms with Gasteiger partial charge in [-0.3, -0.25) is 4.55 Å². The number of aliphatic hydroxyl groups is 1. The van der Waals surface area contributed by atoms with E-state index in [1.54, 1.807) is 0 Å². The molecule has 0 bridgehead atoms. The molecule has 0 aliphatic rings. The molecule has 0 fully saturated rings. The Labute approximate surface area is 73.4 Å². The Morgan fingerprint density at radius 3 is 2.25 bits per heavy atom. The highest BCUT2D eigenvalue weighted by Gasteiger charge is 2.21. The van der Waals surface area contributed by atoms with Gasteiger partial charge in [0, 0.05) is 0 Å². The van der Waals surface area contributed by atoms with Gasteiger partial charge >= 0.3 is 0 Å². The molecule has 74 valence electrons. The molecule has 0 saturated heterocycles. The predicted octanol–water partition coefficient (Wildman–Crippen LogP) is 1.02. The number of aliphatic hydroxyl groups excluding tert-OH is 1. The van der Waals surface area contributed by atoms with Gasteiger partial charge in [0.05, 0.1) is 0 Å². The van der Waals surface area contributed by atoms with Crippen LogP contribution in [-0.4, -0.2) is 23.5 Å². The quantitative estimate of drug-likeness (QED) is 0.644. The molecule has 2 unspecified atom stereocenters. The summed E-state index contributed by atoms with van der Waals surface area (Å²) in [7, 11) is -4.26. The fourth-order valence-corrected chi connectivity index (χ4v) is 1.65. The zero-order valence-corrected chi connectivity index (χ0v) is 8.21. The summed E-state index contributed by atoms with van der Waals surface area (Å²) >= 11 is 0. The van der Waals surface area contributed by atoms with Crippen LogP contribution in [0.5, 0.6) is 0 Å². The molecule has 0 spiro atoms. The molecule has 4 nitrogen and oxygen atoms in total. The minimum absolute atomic E-state index is 0.104. The molecule has 0 aliphatic heterocycles. The lowest BCUT2D eigenvalue weighted by molar-refractivity contribution is 0.200. The molecule has 0 aliphatic carbocycles. The highest BCUT2D eigenvalue weighted by molar-refractivity contribution is 7.86. The maximum Gasteiger partial charge on any atom is 0.291 e. The Morgan fingerprint density at radius 2 is 1.92 bits per heavy atom. The van der Waals surface area contributed by atoms with Crippen LogP contribution in [0.3, 0.4) is 0 Å². The van der Waals surface area contributed by atoms with Crippen LogP contribution in [0.15, 0.2) is 0 Å². The fourth-order valence-electron chi connectivity index (χ4n) is 1.08. The maximum absolute atomic E-state index is 10.4. The summed E-state index contributed by atoms with van der Waals surface area (Å²) in [5.41, 5.74) is -1.63. The third-order valence-electron chi connectivity index (χ3n) is 1.73. The van der Waals surface area contributed by atoms with Crippen molar-refractivity contribution in [2.45, 2.75) is 38.5 Å². The average Bonchev–Trinajstić information content (AvgIpc) is 1.85. The first-order valence-corrected chi connectivity index (χ1v) is 5.52. The van der Waals surface area contributed by atoms with Crippen LogP contribution in [0, 0.1) is 5.92 Å². The van der Waals surface area contributed by atoms with Crippen molar-refractivity contribution in [1.82, 2.24) is 0 Å². The van der Waals surface area contributed by atoms with Gasteiger partial charge in [0.2, 0.25) is 0 Å². The second-order valence-corrected chi connectivity index (χ2v) is 4.67. The van der Waals surface area contributed by atoms with Gasteiger partial charge < -0.3 is 5.11 Å². The fraction of sp³-hybridized carbons (Fsp3) is 1.00. The molecule has 0 aromatic heterocycles. The van der Waals surface area contributed by atoms with Gasteiger partial charge in [0.25, 0.3) is 10.1 Å². The van der Waals surface area contributed by atoms with Crippen molar-refractivity contribution in [3.05, 3.63) is 0 Å². The lowest BCUT2D eigenvalue weighted by Crippen LogP contribution is -2.22. The van der Waals surface area contributed by atoms with E-state index in [1.165, 1.54) is 0 Å². The van der Waals surface area contributed by atoms with E-state index in [4.69, 9.17) is 9.66 Å². The molecule has 2 atom stereocenters. The normalized spacial score (nSPS) is 17.3. The lowest BCUT2D eigenvalue weighted by Gasteiger charge is -2.12. The molecule has 5 heteroatoms. The zero-order chi connectivity index (χ0) is 9.78. The third kappa shape index (κ3) is 4.69. The molecule has 0 aromatic rings. The summed E-state index contributed by atoms with van der Waals surface area (Å²) in [5, 5.41) is 8.94. The Morgan fingerprint density at radius 1 is 1.42 bits per heavy atom. The summed E-state index contributed by atoms with van der Waals surface area (Å²) in [5.74, 6) is 0.118. The van der Waals surface area contributed by atoms with E-state index in [0.29, 0.717) is 0 Å². The van der Waals surface area contributed by atoms with Crippen LogP contribution in [0.2, 0.25) is 0 Å². The third-order valence-corrected chi connectivity index (χ3v) is 2.61. The van der Waals surface area contributed by atoms with E-state index in [1.807, 2.05) is 13.8 Å². The molecule has 0 radical (unpaired) electrons. The smallest absolute Gasteiger partial charge is 0.291 e. The Kier molecular flexibility index (Phi) is 4.74. The van der Waals surface area contributed by atoms with Gasteiger partial charge in [-0.15, -0.1) is 0 Å². The van der Waals surface area contributed by atoms with E-state index in [-0.39, 0.29) is 12.3 Å². The molecule has 0 aromatic carbocycles. The van der Waals surface area contributed by atoms with Crippen LogP contribution in [0.1, 0.15) is 33.1 Å².